The first-order chi connectivity index (χ1) is 12.7. The van der Waals surface area contributed by atoms with Gasteiger partial charge in [-0.05, 0) is 81.6 Å². The molecule has 1 aliphatic rings. The number of carbonyl (C=O) groups excluding carboxylic acids is 1. The minimum atomic E-state index is -1.94. The van der Waals surface area contributed by atoms with E-state index in [2.05, 4.69) is 36.4 Å². The Morgan fingerprint density at radius 2 is 1.70 bits per heavy atom. The Labute approximate surface area is 163 Å². The molecule has 3 rings (SSSR count). The van der Waals surface area contributed by atoms with E-state index in [0.717, 1.165) is 0 Å². The van der Waals surface area contributed by atoms with Gasteiger partial charge in [0, 0.05) is 5.92 Å². The molecule has 0 heterocycles. The zero-order valence-corrected chi connectivity index (χ0v) is 18.0. The van der Waals surface area contributed by atoms with Crippen molar-refractivity contribution in [2.75, 3.05) is 0 Å². The third kappa shape index (κ3) is 4.81. The lowest BCUT2D eigenvalue weighted by molar-refractivity contribution is -0.150. The summed E-state index contributed by atoms with van der Waals surface area (Å²) in [6.45, 7) is 9.52. The standard InChI is InChI=1S/C23H30O3Si/c1-23(2,22(24)26-27(3,4)5)25-19-15-13-18(14-16-19)21-12-8-10-17-9-6-7-11-20(17)21/h6-7,9,11,13-16,21H,8,10,12H2,1-5H3. The smallest absolute Gasteiger partial charge is 0.336 e. The van der Waals surface area contributed by atoms with Crippen molar-refractivity contribution in [1.29, 1.82) is 0 Å². The van der Waals surface area contributed by atoms with Gasteiger partial charge in [-0.25, -0.2) is 4.79 Å². The molecule has 0 N–H and O–H groups in total. The fourth-order valence-corrected chi connectivity index (χ4v) is 4.41. The summed E-state index contributed by atoms with van der Waals surface area (Å²) in [7, 11) is -1.94. The van der Waals surface area contributed by atoms with E-state index in [4.69, 9.17) is 9.16 Å². The van der Waals surface area contributed by atoms with Crippen molar-refractivity contribution in [2.45, 2.75) is 64.3 Å². The van der Waals surface area contributed by atoms with Gasteiger partial charge in [0.15, 0.2) is 5.60 Å². The molecule has 1 unspecified atom stereocenters. The van der Waals surface area contributed by atoms with Crippen molar-refractivity contribution in [3.63, 3.8) is 0 Å². The second-order valence-electron chi connectivity index (χ2n) is 8.83. The lowest BCUT2D eigenvalue weighted by Gasteiger charge is -2.29. The molecule has 0 bridgehead atoms. The molecule has 0 amide bonds. The summed E-state index contributed by atoms with van der Waals surface area (Å²) in [5.74, 6) is 0.834. The van der Waals surface area contributed by atoms with E-state index < -0.39 is 13.9 Å². The molecule has 0 saturated heterocycles. The summed E-state index contributed by atoms with van der Waals surface area (Å²) in [4.78, 5) is 12.4. The molecule has 27 heavy (non-hydrogen) atoms. The number of rotatable bonds is 5. The molecule has 2 aromatic carbocycles. The van der Waals surface area contributed by atoms with Gasteiger partial charge in [-0.1, -0.05) is 36.4 Å². The van der Waals surface area contributed by atoms with Gasteiger partial charge in [-0.3, -0.25) is 0 Å². The van der Waals surface area contributed by atoms with Crippen molar-refractivity contribution in [2.24, 2.45) is 0 Å². The molecule has 1 aliphatic carbocycles. The molecule has 0 saturated carbocycles. The SMILES string of the molecule is CC(C)(Oc1ccc(C2CCCc3ccccc32)cc1)C(=O)O[Si](C)(C)C. The van der Waals surface area contributed by atoms with Crippen LogP contribution in [-0.2, 0) is 15.6 Å². The Morgan fingerprint density at radius 1 is 1.04 bits per heavy atom. The average Bonchev–Trinajstić information content (AvgIpc) is 2.60. The van der Waals surface area contributed by atoms with Gasteiger partial charge >= 0.3 is 5.97 Å². The van der Waals surface area contributed by atoms with Crippen LogP contribution in [0.25, 0.3) is 0 Å². The van der Waals surface area contributed by atoms with Crippen LogP contribution in [0.15, 0.2) is 48.5 Å². The summed E-state index contributed by atoms with van der Waals surface area (Å²) in [6, 6.07) is 16.9. The fraction of sp³-hybridized carbons (Fsp3) is 0.435. The van der Waals surface area contributed by atoms with Crippen LogP contribution in [0, 0.1) is 0 Å². The Hall–Kier alpha value is -2.07. The minimum absolute atomic E-state index is 0.299. The number of hydrogen-bond acceptors (Lipinski definition) is 3. The molecule has 0 fully saturated rings. The maximum absolute atomic E-state index is 12.4. The third-order valence-electron chi connectivity index (χ3n) is 4.92. The molecule has 4 heteroatoms. The maximum Gasteiger partial charge on any atom is 0.336 e. The Bertz CT molecular complexity index is 803. The molecule has 0 aromatic heterocycles. The van der Waals surface area contributed by atoms with Crippen LogP contribution in [0.5, 0.6) is 5.75 Å². The number of benzene rings is 2. The topological polar surface area (TPSA) is 35.5 Å². The second-order valence-corrected chi connectivity index (χ2v) is 13.3. The molecule has 0 aliphatic heterocycles. The Kier molecular flexibility index (Phi) is 5.47. The van der Waals surface area contributed by atoms with E-state index in [9.17, 15) is 4.79 Å². The van der Waals surface area contributed by atoms with Gasteiger partial charge < -0.3 is 9.16 Å². The highest BCUT2D eigenvalue weighted by molar-refractivity contribution is 6.71. The maximum atomic E-state index is 12.4. The molecule has 2 aromatic rings. The zero-order chi connectivity index (χ0) is 19.7. The summed E-state index contributed by atoms with van der Waals surface area (Å²) in [6.07, 6.45) is 3.56. The monoisotopic (exact) mass is 382 g/mol. The number of fused-ring (bicyclic) bond motifs is 1. The number of carbonyl (C=O) groups is 1. The van der Waals surface area contributed by atoms with Gasteiger partial charge in [0.25, 0.3) is 0 Å². The van der Waals surface area contributed by atoms with Crippen molar-refractivity contribution in [1.82, 2.24) is 0 Å². The molecule has 1 atom stereocenters. The third-order valence-corrected chi connectivity index (χ3v) is 5.71. The van der Waals surface area contributed by atoms with Gasteiger partial charge in [0.05, 0.1) is 0 Å². The van der Waals surface area contributed by atoms with E-state index in [1.54, 1.807) is 13.8 Å². The van der Waals surface area contributed by atoms with Crippen LogP contribution in [0.4, 0.5) is 0 Å². The highest BCUT2D eigenvalue weighted by atomic mass is 28.4. The number of ether oxygens (including phenoxy) is 1. The Balaban J connectivity index is 1.74. The minimum Gasteiger partial charge on any atom is -0.517 e. The van der Waals surface area contributed by atoms with E-state index in [1.165, 1.54) is 36.0 Å². The van der Waals surface area contributed by atoms with Gasteiger partial charge in [-0.15, -0.1) is 0 Å². The average molecular weight is 383 g/mol. The van der Waals surface area contributed by atoms with Crippen LogP contribution in [0.2, 0.25) is 19.6 Å². The molecule has 3 nitrogen and oxygen atoms in total. The van der Waals surface area contributed by atoms with Crippen molar-refractivity contribution in [3.05, 3.63) is 65.2 Å². The zero-order valence-electron chi connectivity index (χ0n) is 17.0. The van der Waals surface area contributed by atoms with Crippen molar-refractivity contribution >= 4 is 14.3 Å². The first-order valence-corrected chi connectivity index (χ1v) is 13.2. The first-order valence-electron chi connectivity index (χ1n) is 9.76. The predicted molar refractivity (Wildman–Crippen MR) is 112 cm³/mol. The van der Waals surface area contributed by atoms with Crippen molar-refractivity contribution < 1.29 is 14.0 Å². The van der Waals surface area contributed by atoms with Gasteiger partial charge in [0.2, 0.25) is 8.32 Å². The molecule has 0 spiro atoms. The normalized spacial score (nSPS) is 17.1. The lowest BCUT2D eigenvalue weighted by Crippen LogP contribution is -2.44. The number of aryl methyl sites for hydroxylation is 1. The van der Waals surface area contributed by atoms with Crippen LogP contribution < -0.4 is 4.74 Å². The second kappa shape index (κ2) is 7.51. The number of hydrogen-bond donors (Lipinski definition) is 0. The molecule has 0 radical (unpaired) electrons. The molecule has 144 valence electrons. The predicted octanol–water partition coefficient (Wildman–Crippen LogP) is 5.69. The van der Waals surface area contributed by atoms with Crippen LogP contribution in [0.1, 0.15) is 49.3 Å². The highest BCUT2D eigenvalue weighted by Crippen LogP contribution is 2.37. The van der Waals surface area contributed by atoms with Gasteiger partial charge in [-0.2, -0.15) is 0 Å². The van der Waals surface area contributed by atoms with Crippen molar-refractivity contribution in [3.8, 4) is 5.75 Å². The molecular formula is C23H30O3Si. The summed E-state index contributed by atoms with van der Waals surface area (Å²) < 4.78 is 11.6. The van der Waals surface area contributed by atoms with Crippen LogP contribution >= 0.6 is 0 Å². The van der Waals surface area contributed by atoms with E-state index in [-0.39, 0.29) is 5.97 Å². The quantitative estimate of drug-likeness (QED) is 0.623. The molecular weight excluding hydrogens is 352 g/mol. The largest absolute Gasteiger partial charge is 0.517 e. The van der Waals surface area contributed by atoms with E-state index in [0.29, 0.717) is 11.7 Å². The Morgan fingerprint density at radius 3 is 2.37 bits per heavy atom. The highest BCUT2D eigenvalue weighted by Gasteiger charge is 2.35. The van der Waals surface area contributed by atoms with Gasteiger partial charge in [0.1, 0.15) is 5.75 Å². The van der Waals surface area contributed by atoms with Crippen LogP contribution in [-0.4, -0.2) is 19.9 Å². The first kappa shape index (κ1) is 19.7. The van der Waals surface area contributed by atoms with E-state index in [1.807, 2.05) is 31.8 Å². The van der Waals surface area contributed by atoms with E-state index >= 15 is 0 Å². The summed E-state index contributed by atoms with van der Waals surface area (Å²) in [5, 5.41) is 0. The van der Waals surface area contributed by atoms with Crippen LogP contribution in [0.3, 0.4) is 0 Å². The summed E-state index contributed by atoms with van der Waals surface area (Å²) >= 11 is 0. The summed E-state index contributed by atoms with van der Waals surface area (Å²) in [5.41, 5.74) is 3.21. The fourth-order valence-electron chi connectivity index (χ4n) is 3.61. The lowest BCUT2D eigenvalue weighted by atomic mass is 9.79.